The Morgan fingerprint density at radius 3 is 2.65 bits per heavy atom. The third-order valence-corrected chi connectivity index (χ3v) is 6.05. The number of hydrogen-bond donors (Lipinski definition) is 3. The molecule has 2 saturated heterocycles. The van der Waals surface area contributed by atoms with Gasteiger partial charge in [-0.1, -0.05) is 11.6 Å². The first-order valence-electron chi connectivity index (χ1n) is 10.9. The SMILES string of the molecule is COc1ccc(C(=O)N[C@H]2CCC(=O)N3CCC[C@@H](C(=O)N[C@H](C)CC(=O)O)N3C2=O)cc1Cl. The van der Waals surface area contributed by atoms with Gasteiger partial charge in [0, 0.05) is 24.6 Å². The van der Waals surface area contributed by atoms with Crippen LogP contribution in [-0.4, -0.2) is 76.5 Å². The van der Waals surface area contributed by atoms with E-state index in [2.05, 4.69) is 10.6 Å². The van der Waals surface area contributed by atoms with Crippen molar-refractivity contribution in [1.29, 1.82) is 0 Å². The lowest BCUT2D eigenvalue weighted by Gasteiger charge is -2.43. The molecule has 3 N–H and O–H groups in total. The van der Waals surface area contributed by atoms with Crippen LogP contribution in [0, 0.1) is 0 Å². The molecule has 2 aliphatic heterocycles. The van der Waals surface area contributed by atoms with Gasteiger partial charge in [0.15, 0.2) is 0 Å². The summed E-state index contributed by atoms with van der Waals surface area (Å²) in [4.78, 5) is 62.8. The van der Waals surface area contributed by atoms with Crippen molar-refractivity contribution in [2.24, 2.45) is 0 Å². The highest BCUT2D eigenvalue weighted by Crippen LogP contribution is 2.27. The smallest absolute Gasteiger partial charge is 0.305 e. The number of benzene rings is 1. The molecule has 0 saturated carbocycles. The van der Waals surface area contributed by atoms with Crippen LogP contribution in [0.4, 0.5) is 0 Å². The molecule has 3 rings (SSSR count). The van der Waals surface area contributed by atoms with Crippen molar-refractivity contribution in [3.63, 3.8) is 0 Å². The highest BCUT2D eigenvalue weighted by Gasteiger charge is 2.44. The maximum absolute atomic E-state index is 13.4. The molecule has 12 heteroatoms. The number of hydrazine groups is 1. The number of carbonyl (C=O) groups is 5. The first kappa shape index (κ1) is 25.3. The fourth-order valence-corrected chi connectivity index (χ4v) is 4.37. The summed E-state index contributed by atoms with van der Waals surface area (Å²) in [5.41, 5.74) is 0.210. The van der Waals surface area contributed by atoms with Crippen LogP contribution in [0.5, 0.6) is 5.75 Å². The second kappa shape index (κ2) is 10.7. The predicted molar refractivity (Wildman–Crippen MR) is 120 cm³/mol. The predicted octanol–water partition coefficient (Wildman–Crippen LogP) is 0.955. The van der Waals surface area contributed by atoms with E-state index in [0.717, 1.165) is 5.01 Å². The Morgan fingerprint density at radius 2 is 2.00 bits per heavy atom. The lowest BCUT2D eigenvalue weighted by molar-refractivity contribution is -0.176. The largest absolute Gasteiger partial charge is 0.495 e. The number of halogens is 1. The number of hydrogen-bond acceptors (Lipinski definition) is 6. The number of rotatable bonds is 7. The van der Waals surface area contributed by atoms with E-state index in [1.54, 1.807) is 6.92 Å². The van der Waals surface area contributed by atoms with Crippen LogP contribution in [0.3, 0.4) is 0 Å². The monoisotopic (exact) mass is 494 g/mol. The van der Waals surface area contributed by atoms with E-state index in [-0.39, 0.29) is 42.3 Å². The van der Waals surface area contributed by atoms with Crippen molar-refractivity contribution >= 4 is 41.2 Å². The number of carbonyl (C=O) groups excluding carboxylic acids is 4. The Balaban J connectivity index is 1.80. The van der Waals surface area contributed by atoms with Gasteiger partial charge >= 0.3 is 5.97 Å². The summed E-state index contributed by atoms with van der Waals surface area (Å²) in [5.74, 6) is -2.69. The summed E-state index contributed by atoms with van der Waals surface area (Å²) in [6.07, 6.45) is 0.612. The van der Waals surface area contributed by atoms with Gasteiger partial charge in [-0.15, -0.1) is 0 Å². The summed E-state index contributed by atoms with van der Waals surface area (Å²) in [6, 6.07) is 1.76. The number of amides is 4. The minimum absolute atomic E-state index is 0.0142. The summed E-state index contributed by atoms with van der Waals surface area (Å²) >= 11 is 6.10. The summed E-state index contributed by atoms with van der Waals surface area (Å²) in [5, 5.41) is 16.8. The highest BCUT2D eigenvalue weighted by atomic mass is 35.5. The number of carboxylic acids is 1. The van der Waals surface area contributed by atoms with Gasteiger partial charge < -0.3 is 20.5 Å². The van der Waals surface area contributed by atoms with Crippen molar-refractivity contribution in [1.82, 2.24) is 20.7 Å². The molecule has 0 spiro atoms. The lowest BCUT2D eigenvalue weighted by atomic mass is 10.0. The summed E-state index contributed by atoms with van der Waals surface area (Å²) < 4.78 is 5.08. The van der Waals surface area contributed by atoms with Gasteiger partial charge in [-0.2, -0.15) is 0 Å². The van der Waals surface area contributed by atoms with E-state index in [0.29, 0.717) is 18.6 Å². The van der Waals surface area contributed by atoms with E-state index in [1.807, 2.05) is 0 Å². The van der Waals surface area contributed by atoms with Gasteiger partial charge in [-0.3, -0.25) is 29.0 Å². The minimum atomic E-state index is -1.07. The number of ether oxygens (including phenoxy) is 1. The molecule has 0 unspecified atom stereocenters. The van der Waals surface area contributed by atoms with Crippen molar-refractivity contribution in [2.75, 3.05) is 13.7 Å². The number of carboxylic acid groups (broad SMARTS) is 1. The third kappa shape index (κ3) is 5.58. The fourth-order valence-electron chi connectivity index (χ4n) is 4.11. The second-order valence-electron chi connectivity index (χ2n) is 8.28. The molecule has 0 aromatic heterocycles. The number of aliphatic carboxylic acids is 1. The van der Waals surface area contributed by atoms with Crippen LogP contribution < -0.4 is 15.4 Å². The molecular formula is C22H27ClN4O7. The van der Waals surface area contributed by atoms with E-state index in [4.69, 9.17) is 21.4 Å². The van der Waals surface area contributed by atoms with Crippen LogP contribution in [-0.2, 0) is 19.2 Å². The van der Waals surface area contributed by atoms with Crippen molar-refractivity contribution in [2.45, 2.75) is 57.2 Å². The van der Waals surface area contributed by atoms with Crippen LogP contribution in [0.15, 0.2) is 18.2 Å². The zero-order valence-corrected chi connectivity index (χ0v) is 19.6. The summed E-state index contributed by atoms with van der Waals surface area (Å²) in [7, 11) is 1.45. The molecule has 2 fully saturated rings. The van der Waals surface area contributed by atoms with Crippen molar-refractivity contribution in [3.8, 4) is 5.75 Å². The van der Waals surface area contributed by atoms with Gasteiger partial charge in [0.05, 0.1) is 18.6 Å². The molecule has 0 radical (unpaired) electrons. The first-order chi connectivity index (χ1) is 16.1. The maximum atomic E-state index is 13.4. The van der Waals surface area contributed by atoms with Gasteiger partial charge in [-0.25, -0.2) is 5.01 Å². The van der Waals surface area contributed by atoms with E-state index in [9.17, 15) is 24.0 Å². The maximum Gasteiger partial charge on any atom is 0.305 e. The number of nitrogens with one attached hydrogen (secondary N) is 2. The Kier molecular flexibility index (Phi) is 7.98. The third-order valence-electron chi connectivity index (χ3n) is 5.75. The number of fused-ring (bicyclic) bond motifs is 1. The molecule has 3 atom stereocenters. The van der Waals surface area contributed by atoms with Crippen LogP contribution >= 0.6 is 11.6 Å². The molecule has 184 valence electrons. The molecular weight excluding hydrogens is 468 g/mol. The Labute approximate surface area is 201 Å². The van der Waals surface area contributed by atoms with E-state index >= 15 is 0 Å². The van der Waals surface area contributed by atoms with Crippen molar-refractivity contribution < 1.29 is 33.8 Å². The van der Waals surface area contributed by atoms with Crippen LogP contribution in [0.25, 0.3) is 0 Å². The Bertz CT molecular complexity index is 1000. The average molecular weight is 495 g/mol. The molecule has 2 aliphatic rings. The molecule has 11 nitrogen and oxygen atoms in total. The normalized spacial score (nSPS) is 21.3. The van der Waals surface area contributed by atoms with Crippen LogP contribution in [0.1, 0.15) is 49.4 Å². The zero-order chi connectivity index (χ0) is 25.0. The quantitative estimate of drug-likeness (QED) is 0.511. The lowest BCUT2D eigenvalue weighted by Crippen LogP contribution is -2.64. The molecule has 1 aromatic rings. The molecule has 4 amide bonds. The van der Waals surface area contributed by atoms with Gasteiger partial charge in [0.25, 0.3) is 11.8 Å². The zero-order valence-electron chi connectivity index (χ0n) is 18.9. The van der Waals surface area contributed by atoms with Crippen LogP contribution in [0.2, 0.25) is 5.02 Å². The minimum Gasteiger partial charge on any atom is -0.495 e. The van der Waals surface area contributed by atoms with Crippen molar-refractivity contribution in [3.05, 3.63) is 28.8 Å². The molecule has 1 aromatic carbocycles. The Morgan fingerprint density at radius 1 is 1.26 bits per heavy atom. The van der Waals surface area contributed by atoms with Gasteiger partial charge in [0.1, 0.15) is 17.8 Å². The number of methoxy groups -OCH3 is 1. The van der Waals surface area contributed by atoms with E-state index in [1.165, 1.54) is 30.3 Å². The molecule has 2 heterocycles. The molecule has 0 bridgehead atoms. The highest BCUT2D eigenvalue weighted by molar-refractivity contribution is 6.32. The van der Waals surface area contributed by atoms with E-state index < -0.39 is 41.8 Å². The first-order valence-corrected chi connectivity index (χ1v) is 11.3. The fraction of sp³-hybridized carbons (Fsp3) is 0.500. The Hall–Kier alpha value is -3.34. The van der Waals surface area contributed by atoms with Gasteiger partial charge in [-0.05, 0) is 44.4 Å². The average Bonchev–Trinajstić information content (AvgIpc) is 2.90. The molecule has 0 aliphatic carbocycles. The van der Waals surface area contributed by atoms with Gasteiger partial charge in [0.2, 0.25) is 11.8 Å². The molecule has 34 heavy (non-hydrogen) atoms. The second-order valence-corrected chi connectivity index (χ2v) is 8.69. The summed E-state index contributed by atoms with van der Waals surface area (Å²) in [6.45, 7) is 1.82. The standard InChI is InChI=1S/C22H27ClN4O7/c1-12(10-19(29)30)24-21(32)16-4-3-9-26-18(28)8-6-15(22(33)27(16)26)25-20(31)13-5-7-17(34-2)14(23)11-13/h5,7,11-12,15-16H,3-4,6,8-10H2,1-2H3,(H,24,32)(H,25,31)(H,29,30)/t12-,15+,16+/m1/s1. The topological polar surface area (TPSA) is 145 Å². The number of nitrogens with zero attached hydrogens (tertiary/aromatic N) is 2.